The van der Waals surface area contributed by atoms with E-state index in [1.54, 1.807) is 0 Å². The third kappa shape index (κ3) is 3.21. The molecule has 0 spiro atoms. The molecular weight excluding hydrogens is 200 g/mol. The summed E-state index contributed by atoms with van der Waals surface area (Å²) in [5, 5.41) is 0. The Morgan fingerprint density at radius 3 is 2.75 bits per heavy atom. The van der Waals surface area contributed by atoms with Crippen molar-refractivity contribution in [2.24, 2.45) is 17.6 Å². The van der Waals surface area contributed by atoms with Crippen LogP contribution in [0, 0.1) is 11.8 Å². The van der Waals surface area contributed by atoms with Gasteiger partial charge in [0.1, 0.15) is 0 Å². The van der Waals surface area contributed by atoms with E-state index in [0.717, 1.165) is 25.9 Å². The lowest BCUT2D eigenvalue weighted by atomic mass is 9.99. The molecule has 0 radical (unpaired) electrons. The van der Waals surface area contributed by atoms with Gasteiger partial charge in [-0.15, -0.1) is 0 Å². The molecule has 1 rings (SSSR count). The molecule has 1 aliphatic rings. The van der Waals surface area contributed by atoms with Gasteiger partial charge in [-0.05, 0) is 24.7 Å². The smallest absolute Gasteiger partial charge is 0.239 e. The van der Waals surface area contributed by atoms with E-state index in [1.807, 2.05) is 4.90 Å². The average molecular weight is 226 g/mol. The standard InChI is InChI=1S/C13H26N2O/c1-4-6-11-7-8-15(9-11)13(16)12(14)10(3)5-2/h10-12H,4-9,14H2,1-3H3/t10?,11?,12-/m0/s1. The molecule has 94 valence electrons. The molecule has 3 nitrogen and oxygen atoms in total. The molecule has 1 saturated heterocycles. The summed E-state index contributed by atoms with van der Waals surface area (Å²) < 4.78 is 0. The van der Waals surface area contributed by atoms with Gasteiger partial charge in [0.2, 0.25) is 5.91 Å². The molecule has 1 heterocycles. The van der Waals surface area contributed by atoms with E-state index in [2.05, 4.69) is 20.8 Å². The number of carbonyl (C=O) groups excluding carboxylic acids is 1. The number of rotatable bonds is 5. The van der Waals surface area contributed by atoms with Crippen LogP contribution in [0.2, 0.25) is 0 Å². The van der Waals surface area contributed by atoms with Crippen LogP contribution in [-0.2, 0) is 4.79 Å². The Bertz CT molecular complexity index is 230. The van der Waals surface area contributed by atoms with E-state index in [-0.39, 0.29) is 17.9 Å². The minimum absolute atomic E-state index is 0.160. The minimum atomic E-state index is -0.301. The molecule has 0 aromatic rings. The molecule has 2 N–H and O–H groups in total. The number of nitrogens with two attached hydrogens (primary N) is 1. The third-order valence-electron chi connectivity index (χ3n) is 3.84. The van der Waals surface area contributed by atoms with Crippen molar-refractivity contribution in [1.82, 2.24) is 4.90 Å². The van der Waals surface area contributed by atoms with Crippen molar-refractivity contribution in [1.29, 1.82) is 0 Å². The zero-order chi connectivity index (χ0) is 12.1. The monoisotopic (exact) mass is 226 g/mol. The Morgan fingerprint density at radius 1 is 1.50 bits per heavy atom. The van der Waals surface area contributed by atoms with Crippen LogP contribution >= 0.6 is 0 Å². The van der Waals surface area contributed by atoms with Crippen molar-refractivity contribution in [3.63, 3.8) is 0 Å². The lowest BCUT2D eigenvalue weighted by Crippen LogP contribution is -2.46. The highest BCUT2D eigenvalue weighted by Crippen LogP contribution is 2.22. The lowest BCUT2D eigenvalue weighted by Gasteiger charge is -2.24. The third-order valence-corrected chi connectivity index (χ3v) is 3.84. The first-order valence-corrected chi connectivity index (χ1v) is 6.64. The first-order chi connectivity index (χ1) is 7.60. The number of nitrogens with zero attached hydrogens (tertiary/aromatic N) is 1. The van der Waals surface area contributed by atoms with E-state index in [1.165, 1.54) is 12.8 Å². The molecule has 0 aromatic heterocycles. The maximum absolute atomic E-state index is 12.1. The van der Waals surface area contributed by atoms with Crippen molar-refractivity contribution >= 4 is 5.91 Å². The molecule has 3 atom stereocenters. The summed E-state index contributed by atoms with van der Waals surface area (Å²) in [6.45, 7) is 8.18. The van der Waals surface area contributed by atoms with Crippen molar-refractivity contribution < 1.29 is 4.79 Å². The summed E-state index contributed by atoms with van der Waals surface area (Å²) in [6, 6.07) is -0.301. The maximum atomic E-state index is 12.1. The quantitative estimate of drug-likeness (QED) is 0.779. The van der Waals surface area contributed by atoms with Gasteiger partial charge in [0.15, 0.2) is 0 Å². The van der Waals surface area contributed by atoms with Crippen LogP contribution in [0.3, 0.4) is 0 Å². The van der Waals surface area contributed by atoms with E-state index >= 15 is 0 Å². The lowest BCUT2D eigenvalue weighted by molar-refractivity contribution is -0.132. The second-order valence-electron chi connectivity index (χ2n) is 5.14. The van der Waals surface area contributed by atoms with Gasteiger partial charge < -0.3 is 10.6 Å². The van der Waals surface area contributed by atoms with Crippen LogP contribution in [0.5, 0.6) is 0 Å². The van der Waals surface area contributed by atoms with Gasteiger partial charge >= 0.3 is 0 Å². The highest BCUT2D eigenvalue weighted by Gasteiger charge is 2.30. The van der Waals surface area contributed by atoms with Gasteiger partial charge in [0.05, 0.1) is 6.04 Å². The van der Waals surface area contributed by atoms with Gasteiger partial charge in [-0.1, -0.05) is 33.6 Å². The summed E-state index contributed by atoms with van der Waals surface area (Å²) in [5.41, 5.74) is 5.98. The average Bonchev–Trinajstić information content (AvgIpc) is 2.75. The summed E-state index contributed by atoms with van der Waals surface area (Å²) in [6.07, 6.45) is 4.58. The summed E-state index contributed by atoms with van der Waals surface area (Å²) in [4.78, 5) is 14.1. The van der Waals surface area contributed by atoms with E-state index < -0.39 is 0 Å². The fourth-order valence-electron chi connectivity index (χ4n) is 2.38. The Morgan fingerprint density at radius 2 is 2.19 bits per heavy atom. The second-order valence-corrected chi connectivity index (χ2v) is 5.14. The SMILES string of the molecule is CCCC1CCN(C(=O)[C@@H](N)C(C)CC)C1. The summed E-state index contributed by atoms with van der Waals surface area (Å²) in [7, 11) is 0. The Labute approximate surface area is 99.4 Å². The molecular formula is C13H26N2O. The molecule has 2 unspecified atom stereocenters. The van der Waals surface area contributed by atoms with Gasteiger partial charge in [-0.2, -0.15) is 0 Å². The molecule has 0 aromatic carbocycles. The number of carbonyl (C=O) groups is 1. The first-order valence-electron chi connectivity index (χ1n) is 6.64. The van der Waals surface area contributed by atoms with Crippen molar-refractivity contribution in [2.75, 3.05) is 13.1 Å². The van der Waals surface area contributed by atoms with Crippen molar-refractivity contribution in [2.45, 2.75) is 52.5 Å². The number of hydrogen-bond acceptors (Lipinski definition) is 2. The molecule has 1 amide bonds. The van der Waals surface area contributed by atoms with Crippen LogP contribution < -0.4 is 5.73 Å². The molecule has 16 heavy (non-hydrogen) atoms. The Kier molecular flexibility index (Phi) is 5.26. The summed E-state index contributed by atoms with van der Waals surface area (Å²) in [5.74, 6) is 1.16. The van der Waals surface area contributed by atoms with Crippen molar-refractivity contribution in [3.05, 3.63) is 0 Å². The van der Waals surface area contributed by atoms with Crippen molar-refractivity contribution in [3.8, 4) is 0 Å². The van der Waals surface area contributed by atoms with Gasteiger partial charge in [0.25, 0.3) is 0 Å². The van der Waals surface area contributed by atoms with E-state index in [4.69, 9.17) is 5.73 Å². The van der Waals surface area contributed by atoms with Crippen LogP contribution in [-0.4, -0.2) is 29.9 Å². The molecule has 0 saturated carbocycles. The molecule has 3 heteroatoms. The molecule has 0 aliphatic carbocycles. The van der Waals surface area contributed by atoms with Gasteiger partial charge in [-0.3, -0.25) is 4.79 Å². The van der Waals surface area contributed by atoms with E-state index in [9.17, 15) is 4.79 Å². The molecule has 0 bridgehead atoms. The molecule has 1 fully saturated rings. The van der Waals surface area contributed by atoms with Crippen LogP contribution in [0.4, 0.5) is 0 Å². The first kappa shape index (κ1) is 13.5. The van der Waals surface area contributed by atoms with E-state index in [0.29, 0.717) is 5.92 Å². The van der Waals surface area contributed by atoms with Crippen LogP contribution in [0.25, 0.3) is 0 Å². The van der Waals surface area contributed by atoms with Crippen LogP contribution in [0.15, 0.2) is 0 Å². The maximum Gasteiger partial charge on any atom is 0.239 e. The second kappa shape index (κ2) is 6.24. The zero-order valence-electron chi connectivity index (χ0n) is 10.9. The molecule has 1 aliphatic heterocycles. The number of amides is 1. The van der Waals surface area contributed by atoms with Gasteiger partial charge in [0, 0.05) is 13.1 Å². The zero-order valence-corrected chi connectivity index (χ0v) is 10.9. The predicted octanol–water partition coefficient (Wildman–Crippen LogP) is 2.01. The Balaban J connectivity index is 2.44. The fourth-order valence-corrected chi connectivity index (χ4v) is 2.38. The predicted molar refractivity (Wildman–Crippen MR) is 67.0 cm³/mol. The highest BCUT2D eigenvalue weighted by molar-refractivity contribution is 5.82. The number of likely N-dealkylation sites (tertiary alicyclic amines) is 1. The van der Waals surface area contributed by atoms with Crippen LogP contribution in [0.1, 0.15) is 46.5 Å². The topological polar surface area (TPSA) is 46.3 Å². The fraction of sp³-hybridized carbons (Fsp3) is 0.923. The normalized spacial score (nSPS) is 24.5. The number of hydrogen-bond donors (Lipinski definition) is 1. The summed E-state index contributed by atoms with van der Waals surface area (Å²) >= 11 is 0. The highest BCUT2D eigenvalue weighted by atomic mass is 16.2. The largest absolute Gasteiger partial charge is 0.341 e. The minimum Gasteiger partial charge on any atom is -0.341 e. The Hall–Kier alpha value is -0.570. The van der Waals surface area contributed by atoms with Gasteiger partial charge in [-0.25, -0.2) is 0 Å².